The van der Waals surface area contributed by atoms with E-state index in [0.29, 0.717) is 13.2 Å². The number of nitrogens with one attached hydrogen (secondary N) is 1. The first-order valence-corrected chi connectivity index (χ1v) is 6.88. The van der Waals surface area contributed by atoms with Crippen molar-refractivity contribution in [2.45, 2.75) is 38.8 Å². The van der Waals surface area contributed by atoms with Crippen LogP contribution in [0.3, 0.4) is 0 Å². The lowest BCUT2D eigenvalue weighted by atomic mass is 10.1. The van der Waals surface area contributed by atoms with Gasteiger partial charge in [-0.25, -0.2) is 0 Å². The maximum absolute atomic E-state index is 5.52. The van der Waals surface area contributed by atoms with Crippen LogP contribution in [0.25, 0.3) is 0 Å². The molecule has 0 spiro atoms. The molecule has 1 aromatic carbocycles. The van der Waals surface area contributed by atoms with Gasteiger partial charge < -0.3 is 10.1 Å². The minimum atomic E-state index is 0.698. The molecule has 1 N–H and O–H groups in total. The Labute approximate surface area is 110 Å². The molecule has 98 valence electrons. The van der Waals surface area contributed by atoms with Gasteiger partial charge in [0, 0.05) is 6.04 Å². The van der Waals surface area contributed by atoms with Crippen molar-refractivity contribution in [1.29, 1.82) is 0 Å². The fraction of sp³-hybridized carbons (Fsp3) is 0.500. The molecule has 1 fully saturated rings. The van der Waals surface area contributed by atoms with Gasteiger partial charge in [0.25, 0.3) is 0 Å². The maximum atomic E-state index is 5.52. The number of hydrogen-bond acceptors (Lipinski definition) is 2. The van der Waals surface area contributed by atoms with E-state index in [1.165, 1.54) is 24.0 Å². The molecule has 2 nitrogen and oxygen atoms in total. The van der Waals surface area contributed by atoms with E-state index in [1.807, 2.05) is 19.1 Å². The largest absolute Gasteiger partial charge is 0.373 e. The van der Waals surface area contributed by atoms with Crippen LogP contribution in [0.15, 0.2) is 36.4 Å². The van der Waals surface area contributed by atoms with Crippen LogP contribution in [0.4, 0.5) is 0 Å². The molecule has 0 aromatic heterocycles. The average Bonchev–Trinajstić information content (AvgIpc) is 3.21. The predicted molar refractivity (Wildman–Crippen MR) is 75.6 cm³/mol. The SMILES string of the molecule is C/C=C/COCc1ccc(CCNC2CC2)cc1. The summed E-state index contributed by atoms with van der Waals surface area (Å²) in [5.74, 6) is 0. The highest BCUT2D eigenvalue weighted by atomic mass is 16.5. The van der Waals surface area contributed by atoms with Crippen LogP contribution in [0.5, 0.6) is 0 Å². The average molecular weight is 245 g/mol. The summed E-state index contributed by atoms with van der Waals surface area (Å²) in [4.78, 5) is 0. The Morgan fingerprint density at radius 3 is 2.61 bits per heavy atom. The van der Waals surface area contributed by atoms with Crippen molar-refractivity contribution in [3.8, 4) is 0 Å². The van der Waals surface area contributed by atoms with Crippen LogP contribution >= 0.6 is 0 Å². The second-order valence-corrected chi connectivity index (χ2v) is 4.88. The molecule has 0 radical (unpaired) electrons. The number of rotatable bonds is 8. The lowest BCUT2D eigenvalue weighted by Crippen LogP contribution is -2.19. The zero-order valence-corrected chi connectivity index (χ0v) is 11.2. The Kier molecular flexibility index (Phi) is 5.43. The second-order valence-electron chi connectivity index (χ2n) is 4.88. The minimum Gasteiger partial charge on any atom is -0.373 e. The summed E-state index contributed by atoms with van der Waals surface area (Å²) < 4.78 is 5.52. The monoisotopic (exact) mass is 245 g/mol. The Balaban J connectivity index is 1.67. The van der Waals surface area contributed by atoms with Crippen molar-refractivity contribution >= 4 is 0 Å². The summed E-state index contributed by atoms with van der Waals surface area (Å²) in [5, 5.41) is 3.54. The van der Waals surface area contributed by atoms with Crippen molar-refractivity contribution in [2.24, 2.45) is 0 Å². The van der Waals surface area contributed by atoms with Gasteiger partial charge in [-0.05, 0) is 43.9 Å². The first kappa shape index (κ1) is 13.3. The van der Waals surface area contributed by atoms with Gasteiger partial charge in [-0.1, -0.05) is 36.4 Å². The van der Waals surface area contributed by atoms with Gasteiger partial charge in [0.2, 0.25) is 0 Å². The molecule has 0 amide bonds. The Bertz CT molecular complexity index is 365. The highest BCUT2D eigenvalue weighted by Gasteiger charge is 2.19. The Morgan fingerprint density at radius 2 is 1.94 bits per heavy atom. The van der Waals surface area contributed by atoms with E-state index in [0.717, 1.165) is 19.0 Å². The van der Waals surface area contributed by atoms with Gasteiger partial charge in [-0.2, -0.15) is 0 Å². The van der Waals surface area contributed by atoms with Gasteiger partial charge in [0.15, 0.2) is 0 Å². The third kappa shape index (κ3) is 5.03. The highest BCUT2D eigenvalue weighted by Crippen LogP contribution is 2.18. The quantitative estimate of drug-likeness (QED) is 0.561. The fourth-order valence-electron chi connectivity index (χ4n) is 1.85. The van der Waals surface area contributed by atoms with Crippen molar-refractivity contribution < 1.29 is 4.74 Å². The van der Waals surface area contributed by atoms with Crippen LogP contribution in [0.1, 0.15) is 30.9 Å². The molecule has 18 heavy (non-hydrogen) atoms. The summed E-state index contributed by atoms with van der Waals surface area (Å²) in [7, 11) is 0. The van der Waals surface area contributed by atoms with E-state index in [9.17, 15) is 0 Å². The normalized spacial score (nSPS) is 15.4. The van der Waals surface area contributed by atoms with Gasteiger partial charge in [-0.3, -0.25) is 0 Å². The molecule has 2 rings (SSSR count). The Hall–Kier alpha value is -1.12. The zero-order chi connectivity index (χ0) is 12.6. The van der Waals surface area contributed by atoms with Gasteiger partial charge >= 0.3 is 0 Å². The molecule has 2 heteroatoms. The Morgan fingerprint density at radius 1 is 1.22 bits per heavy atom. The molecular formula is C16H23NO. The van der Waals surface area contributed by atoms with E-state index in [2.05, 4.69) is 29.6 Å². The minimum absolute atomic E-state index is 0.698. The lowest BCUT2D eigenvalue weighted by molar-refractivity contribution is 0.148. The smallest absolute Gasteiger partial charge is 0.0721 e. The molecule has 0 heterocycles. The van der Waals surface area contributed by atoms with Crippen LogP contribution in [0, 0.1) is 0 Å². The molecule has 1 saturated carbocycles. The first-order valence-electron chi connectivity index (χ1n) is 6.88. The van der Waals surface area contributed by atoms with E-state index >= 15 is 0 Å². The highest BCUT2D eigenvalue weighted by molar-refractivity contribution is 5.22. The fourth-order valence-corrected chi connectivity index (χ4v) is 1.85. The molecule has 0 atom stereocenters. The van der Waals surface area contributed by atoms with Crippen molar-refractivity contribution in [3.63, 3.8) is 0 Å². The van der Waals surface area contributed by atoms with Crippen LogP contribution < -0.4 is 5.32 Å². The topological polar surface area (TPSA) is 21.3 Å². The van der Waals surface area contributed by atoms with Gasteiger partial charge in [0.1, 0.15) is 0 Å². The zero-order valence-electron chi connectivity index (χ0n) is 11.2. The van der Waals surface area contributed by atoms with E-state index in [-0.39, 0.29) is 0 Å². The molecule has 0 aliphatic heterocycles. The molecular weight excluding hydrogens is 222 g/mol. The van der Waals surface area contributed by atoms with E-state index in [4.69, 9.17) is 4.74 Å². The number of hydrogen-bond donors (Lipinski definition) is 1. The lowest BCUT2D eigenvalue weighted by Gasteiger charge is -2.05. The predicted octanol–water partition coefficient (Wildman–Crippen LogP) is 3.07. The van der Waals surface area contributed by atoms with Crippen LogP contribution in [0.2, 0.25) is 0 Å². The summed E-state index contributed by atoms with van der Waals surface area (Å²) in [6.45, 7) is 4.50. The molecule has 1 aliphatic rings. The summed E-state index contributed by atoms with van der Waals surface area (Å²) in [6, 6.07) is 9.57. The van der Waals surface area contributed by atoms with Crippen molar-refractivity contribution in [2.75, 3.05) is 13.2 Å². The van der Waals surface area contributed by atoms with Crippen molar-refractivity contribution in [3.05, 3.63) is 47.5 Å². The summed E-state index contributed by atoms with van der Waals surface area (Å²) >= 11 is 0. The molecule has 0 saturated heterocycles. The first-order chi connectivity index (χ1) is 8.88. The summed E-state index contributed by atoms with van der Waals surface area (Å²) in [5.41, 5.74) is 2.65. The van der Waals surface area contributed by atoms with Crippen molar-refractivity contribution in [1.82, 2.24) is 5.32 Å². The third-order valence-corrected chi connectivity index (χ3v) is 3.17. The van der Waals surface area contributed by atoms with Gasteiger partial charge in [-0.15, -0.1) is 0 Å². The molecule has 1 aromatic rings. The number of ether oxygens (including phenoxy) is 1. The maximum Gasteiger partial charge on any atom is 0.0721 e. The van der Waals surface area contributed by atoms with E-state index in [1.54, 1.807) is 0 Å². The second kappa shape index (κ2) is 7.34. The molecule has 0 unspecified atom stereocenters. The van der Waals surface area contributed by atoms with Crippen LogP contribution in [-0.4, -0.2) is 19.2 Å². The van der Waals surface area contributed by atoms with Crippen LogP contribution in [-0.2, 0) is 17.8 Å². The standard InChI is InChI=1S/C16H23NO/c1-2-3-12-18-13-15-6-4-14(5-7-15)10-11-17-16-8-9-16/h2-7,16-17H,8-13H2,1H3/b3-2+. The molecule has 0 bridgehead atoms. The number of allylic oxidation sites excluding steroid dienone is 1. The third-order valence-electron chi connectivity index (χ3n) is 3.17. The summed E-state index contributed by atoms with van der Waals surface area (Å²) in [6.07, 6.45) is 7.88. The number of benzene rings is 1. The van der Waals surface area contributed by atoms with Gasteiger partial charge in [0.05, 0.1) is 13.2 Å². The van der Waals surface area contributed by atoms with E-state index < -0.39 is 0 Å². The molecule has 1 aliphatic carbocycles.